The van der Waals surface area contributed by atoms with Crippen LogP contribution in [-0.2, 0) is 25.5 Å². The van der Waals surface area contributed by atoms with Crippen LogP contribution in [0.15, 0.2) is 6.07 Å². The molecule has 4 N–H and O–H groups in total. The van der Waals surface area contributed by atoms with Gasteiger partial charge in [-0.05, 0) is 44.9 Å². The highest BCUT2D eigenvalue weighted by atomic mass is 32.2. The topological polar surface area (TPSA) is 201 Å². The largest absolute Gasteiger partial charge is 0.504 e. The Morgan fingerprint density at radius 1 is 1.08 bits per heavy atom. The maximum Gasteiger partial charge on any atom is 0.329 e. The van der Waals surface area contributed by atoms with E-state index in [1.807, 2.05) is 38.7 Å². The molecule has 5 unspecified atom stereocenters. The summed E-state index contributed by atoms with van der Waals surface area (Å²) in [7, 11) is 3.46. The van der Waals surface area contributed by atoms with E-state index in [0.29, 0.717) is 58.2 Å². The van der Waals surface area contributed by atoms with Gasteiger partial charge < -0.3 is 44.7 Å². The van der Waals surface area contributed by atoms with Crippen molar-refractivity contribution in [2.45, 2.75) is 105 Å². The van der Waals surface area contributed by atoms with Crippen LogP contribution >= 0.6 is 23.5 Å². The van der Waals surface area contributed by atoms with Gasteiger partial charge in [-0.25, -0.2) is 9.59 Å². The van der Waals surface area contributed by atoms with Crippen molar-refractivity contribution in [1.82, 2.24) is 25.8 Å². The van der Waals surface area contributed by atoms with Crippen molar-refractivity contribution in [3.63, 3.8) is 0 Å². The summed E-state index contributed by atoms with van der Waals surface area (Å²) >= 11 is 3.24. The summed E-state index contributed by atoms with van der Waals surface area (Å²) in [6.45, 7) is 5.04. The Hall–Kier alpha value is -4.57. The van der Waals surface area contributed by atoms with Gasteiger partial charge in [0, 0.05) is 71.4 Å². The number of hydrogen-bond acceptors (Lipinski definition) is 15. The Balaban J connectivity index is 1.09. The smallest absolute Gasteiger partial charge is 0.329 e. The van der Waals surface area contributed by atoms with Gasteiger partial charge in [-0.3, -0.25) is 19.4 Å². The van der Waals surface area contributed by atoms with Crippen LogP contribution < -0.4 is 34.9 Å². The molecule has 3 amide bonds. The van der Waals surface area contributed by atoms with Gasteiger partial charge in [-0.2, -0.15) is 17.0 Å². The molecule has 9 aliphatic heterocycles. The predicted octanol–water partition coefficient (Wildman–Crippen LogP) is 3.44. The molecule has 59 heavy (non-hydrogen) atoms. The third kappa shape index (κ3) is 6.41. The average molecular weight is 849 g/mol. The van der Waals surface area contributed by atoms with Gasteiger partial charge in [0.25, 0.3) is 0 Å². The molecule has 16 nitrogen and oxygen atoms in total. The normalized spacial score (nSPS) is 32.3. The van der Waals surface area contributed by atoms with E-state index in [9.17, 15) is 29.5 Å². The summed E-state index contributed by atoms with van der Waals surface area (Å²) in [4.78, 5) is 56.5. The molecule has 11 rings (SSSR count). The number of unbranched alkanes of at least 4 members (excludes halogenated alkanes) is 1. The molecule has 2 aromatic rings. The number of ether oxygens (including phenoxy) is 5. The van der Waals surface area contributed by atoms with E-state index in [1.54, 1.807) is 0 Å². The monoisotopic (exact) mass is 848 g/mol. The number of nitriles is 1. The molecular weight excluding hydrogens is 801 g/mol. The van der Waals surface area contributed by atoms with Crippen LogP contribution in [0.1, 0.15) is 83.3 Å². The van der Waals surface area contributed by atoms with Crippen molar-refractivity contribution in [3.05, 3.63) is 39.4 Å². The molecule has 2 aromatic carbocycles. The third-order valence-electron chi connectivity index (χ3n) is 13.0. The van der Waals surface area contributed by atoms with Crippen molar-refractivity contribution in [2.75, 3.05) is 45.6 Å². The number of aromatic hydroxyl groups is 1. The molecule has 4 saturated heterocycles. The number of aryl methyl sites for hydroxylation is 1. The Morgan fingerprint density at radius 3 is 2.64 bits per heavy atom. The molecule has 9 heterocycles. The number of nitrogens with zero attached hydrogens (tertiary/aromatic N) is 3. The number of piperazine rings is 1. The van der Waals surface area contributed by atoms with Crippen molar-refractivity contribution in [3.8, 4) is 34.8 Å². The van der Waals surface area contributed by atoms with Crippen LogP contribution in [0.5, 0.6) is 28.7 Å². The number of amides is 3. The standard InChI is InChI=1S/C41H48N6O10S2/c1-18-10-21-11-41(15-42)16-46(4)31(27(21)33(50)34(18)53-5)32-38-29-28(37-36(55-17-56-37)19(2)35(29)57-20(3)48)24(47(32)41)12-54-39(51)23(14-59-38)43-26(49)9-7-6-8-25-30-22(13-58-25)44-40(52)45-30/h10,22-25,30-32,38,50H,6-9,11-14,16-17H2,1-5H3,(H,43,49)(H2,44,45,52)/t22?,23-,24-,25?,30?,31+,32?,38+,41-/m0/s1. The van der Waals surface area contributed by atoms with Gasteiger partial charge in [0.2, 0.25) is 12.7 Å². The lowest BCUT2D eigenvalue weighted by atomic mass is 9.76. The number of carbonyl (C=O) groups is 4. The number of methoxy groups -OCH3 is 1. The first-order valence-corrected chi connectivity index (χ1v) is 22.1. The second-order valence-corrected chi connectivity index (χ2v) is 19.0. The third-order valence-corrected chi connectivity index (χ3v) is 15.9. The zero-order valence-electron chi connectivity index (χ0n) is 33.5. The first kappa shape index (κ1) is 39.9. The number of hydrogen-bond donors (Lipinski definition) is 4. The van der Waals surface area contributed by atoms with Crippen molar-refractivity contribution >= 4 is 47.4 Å². The summed E-state index contributed by atoms with van der Waals surface area (Å²) in [6.07, 6.45) is 2.73. The van der Waals surface area contributed by atoms with Gasteiger partial charge >= 0.3 is 18.0 Å². The summed E-state index contributed by atoms with van der Waals surface area (Å²) < 4.78 is 30.2. The molecule has 0 aliphatic carbocycles. The van der Waals surface area contributed by atoms with E-state index in [0.717, 1.165) is 29.7 Å². The molecule has 314 valence electrons. The number of rotatable bonds is 8. The van der Waals surface area contributed by atoms with Crippen LogP contribution in [0, 0.1) is 25.2 Å². The molecule has 4 fully saturated rings. The van der Waals surface area contributed by atoms with E-state index in [1.165, 1.54) is 25.8 Å². The Kier molecular flexibility index (Phi) is 10.2. The Bertz CT molecular complexity index is 2180. The van der Waals surface area contributed by atoms with Crippen LogP contribution in [0.3, 0.4) is 0 Å². The molecule has 0 saturated carbocycles. The molecule has 0 spiro atoms. The van der Waals surface area contributed by atoms with Gasteiger partial charge in [0.1, 0.15) is 23.9 Å². The minimum Gasteiger partial charge on any atom is -0.504 e. The number of phenols is 1. The molecule has 4 bridgehead atoms. The fraction of sp³-hybridized carbons (Fsp3) is 0.585. The van der Waals surface area contributed by atoms with E-state index < -0.39 is 46.9 Å². The summed E-state index contributed by atoms with van der Waals surface area (Å²) in [5.41, 5.74) is 2.88. The summed E-state index contributed by atoms with van der Waals surface area (Å²) in [5, 5.41) is 32.0. The number of esters is 2. The Morgan fingerprint density at radius 2 is 1.88 bits per heavy atom. The molecule has 18 heteroatoms. The highest BCUT2D eigenvalue weighted by Crippen LogP contribution is 2.65. The quantitative estimate of drug-likeness (QED) is 0.130. The number of thioether (sulfide) groups is 2. The predicted molar refractivity (Wildman–Crippen MR) is 216 cm³/mol. The fourth-order valence-electron chi connectivity index (χ4n) is 10.7. The second-order valence-electron chi connectivity index (χ2n) is 16.6. The minimum absolute atomic E-state index is 0.00257. The molecule has 0 radical (unpaired) electrons. The van der Waals surface area contributed by atoms with Gasteiger partial charge in [-0.15, -0.1) is 11.8 Å². The minimum atomic E-state index is -1.17. The molecule has 0 aromatic heterocycles. The first-order chi connectivity index (χ1) is 28.3. The average Bonchev–Trinajstić information content (AvgIpc) is 3.89. The lowest BCUT2D eigenvalue weighted by Crippen LogP contribution is -2.69. The first-order valence-electron chi connectivity index (χ1n) is 20.1. The number of nitrogens with one attached hydrogen (secondary N) is 3. The fourth-order valence-corrected chi connectivity index (χ4v) is 13.8. The molecule has 9 aliphatic rings. The highest BCUT2D eigenvalue weighted by molar-refractivity contribution is 8.00. The molecule has 10 atom stereocenters. The second kappa shape index (κ2) is 15.2. The molecular formula is C41H48N6O10S2. The van der Waals surface area contributed by atoms with E-state index in [-0.39, 0.29) is 67.0 Å². The van der Waals surface area contributed by atoms with Crippen molar-refractivity contribution in [1.29, 1.82) is 5.26 Å². The van der Waals surface area contributed by atoms with E-state index in [2.05, 4.69) is 31.8 Å². The van der Waals surface area contributed by atoms with Crippen LogP contribution in [0.4, 0.5) is 4.79 Å². The summed E-state index contributed by atoms with van der Waals surface area (Å²) in [5.74, 6) is 1.08. The van der Waals surface area contributed by atoms with Crippen molar-refractivity contribution in [2.24, 2.45) is 0 Å². The SMILES string of the molecule is COc1c(C)cc2c(c1O)[C@@H]1C3[C@@H]4SC[C@H](NC(=O)CCCCC5SCC6NC(=O)NC65)C(=O)OC[C@@H](c5c6c(c(C)c(OC(C)=O)c54)OCO6)N3[C@](C#N)(C2)CN1C. The maximum absolute atomic E-state index is 14.1. The van der Waals surface area contributed by atoms with Crippen molar-refractivity contribution < 1.29 is 48.0 Å². The Labute approximate surface area is 350 Å². The van der Waals surface area contributed by atoms with Crippen LogP contribution in [0.2, 0.25) is 0 Å². The van der Waals surface area contributed by atoms with E-state index >= 15 is 0 Å². The van der Waals surface area contributed by atoms with Gasteiger partial charge in [0.15, 0.2) is 23.0 Å². The number of fused-ring (bicyclic) bond motifs is 8. The summed E-state index contributed by atoms with van der Waals surface area (Å²) in [6, 6.07) is 1.93. The zero-order chi connectivity index (χ0) is 41.5. The number of carbonyl (C=O) groups excluding carboxylic acids is 4. The number of phenolic OH excluding ortho intramolecular Hbond substituents is 1. The maximum atomic E-state index is 14.1. The van der Waals surface area contributed by atoms with Crippen LogP contribution in [-0.4, -0.2) is 119 Å². The lowest BCUT2D eigenvalue weighted by molar-refractivity contribution is -0.153. The number of likely N-dealkylation sites (N-methyl/N-ethyl adjacent to an activating group) is 1. The van der Waals surface area contributed by atoms with Gasteiger partial charge in [-0.1, -0.05) is 12.5 Å². The highest BCUT2D eigenvalue weighted by Gasteiger charge is 2.63. The zero-order valence-corrected chi connectivity index (χ0v) is 35.2. The van der Waals surface area contributed by atoms with Gasteiger partial charge in [0.05, 0.1) is 42.6 Å². The van der Waals surface area contributed by atoms with Crippen LogP contribution in [0.25, 0.3) is 0 Å². The lowest BCUT2D eigenvalue weighted by Gasteiger charge is -2.60. The number of urea groups is 1. The number of benzene rings is 2. The van der Waals surface area contributed by atoms with E-state index in [4.69, 9.17) is 23.7 Å².